The number of aliphatic hydroxyl groups is 1. The van der Waals surface area contributed by atoms with Crippen molar-refractivity contribution >= 4 is 31.6 Å². The number of ether oxygens (including phenoxy) is 1. The number of aromatic nitrogens is 3. The van der Waals surface area contributed by atoms with Crippen molar-refractivity contribution in [2.75, 3.05) is 23.4 Å². The van der Waals surface area contributed by atoms with Crippen LogP contribution in [0, 0.1) is 5.92 Å². The van der Waals surface area contributed by atoms with Gasteiger partial charge in [0, 0.05) is 35.5 Å². The largest absolute Gasteiger partial charge is 0.395 e. The molecular formula is C38H45FN6O4Si. The van der Waals surface area contributed by atoms with Crippen LogP contribution in [0.1, 0.15) is 54.5 Å². The van der Waals surface area contributed by atoms with Crippen molar-refractivity contribution < 1.29 is 23.5 Å². The Morgan fingerprint density at radius 2 is 1.92 bits per heavy atom. The first-order valence-corrected chi connectivity index (χ1v) is 20.5. The van der Waals surface area contributed by atoms with Crippen molar-refractivity contribution in [1.82, 2.24) is 20.3 Å². The van der Waals surface area contributed by atoms with Gasteiger partial charge in [0.25, 0.3) is 5.91 Å². The van der Waals surface area contributed by atoms with Gasteiger partial charge in [0.2, 0.25) is 14.3 Å². The highest BCUT2D eigenvalue weighted by Gasteiger charge is 2.66. The van der Waals surface area contributed by atoms with Crippen LogP contribution in [0.5, 0.6) is 0 Å². The maximum atomic E-state index is 16.3. The molecule has 3 N–H and O–H groups in total. The number of aryl methyl sites for hydroxylation is 1. The van der Waals surface area contributed by atoms with Crippen molar-refractivity contribution in [3.8, 4) is 0 Å². The van der Waals surface area contributed by atoms with Crippen LogP contribution in [0.25, 0.3) is 0 Å². The Bertz CT molecular complexity index is 1840. The molecule has 3 aliphatic rings. The molecule has 1 aromatic heterocycles. The molecular weight excluding hydrogens is 652 g/mol. The lowest BCUT2D eigenvalue weighted by atomic mass is 9.82. The summed E-state index contributed by atoms with van der Waals surface area (Å²) in [6.45, 7) is 6.79. The van der Waals surface area contributed by atoms with E-state index < -0.39 is 31.6 Å². The van der Waals surface area contributed by atoms with E-state index in [1.807, 2.05) is 92.0 Å². The summed E-state index contributed by atoms with van der Waals surface area (Å²) < 4.78 is 25.0. The molecule has 0 saturated carbocycles. The molecule has 0 aliphatic carbocycles. The Balaban J connectivity index is 1.12. The van der Waals surface area contributed by atoms with Gasteiger partial charge in [-0.3, -0.25) is 14.3 Å². The molecule has 10 nitrogen and oxygen atoms in total. The maximum Gasteiger partial charge on any atom is 0.264 e. The summed E-state index contributed by atoms with van der Waals surface area (Å²) in [6, 6.07) is 24.7. The van der Waals surface area contributed by atoms with Gasteiger partial charge in [-0.1, -0.05) is 72.8 Å². The minimum absolute atomic E-state index is 0.0593. The minimum Gasteiger partial charge on any atom is -0.395 e. The molecule has 0 bridgehead atoms. The number of hydrogen-bond donors (Lipinski definition) is 3. The number of rotatable bonds is 11. The Hall–Kier alpha value is -4.23. The van der Waals surface area contributed by atoms with Crippen LogP contribution in [-0.2, 0) is 33.0 Å². The van der Waals surface area contributed by atoms with E-state index >= 15 is 4.11 Å². The number of nitrogens with one attached hydrogen (secondary N) is 2. The quantitative estimate of drug-likeness (QED) is 0.140. The smallest absolute Gasteiger partial charge is 0.264 e. The summed E-state index contributed by atoms with van der Waals surface area (Å²) in [6.07, 6.45) is 3.54. The fourth-order valence-electron chi connectivity index (χ4n) is 8.39. The normalized spacial score (nSPS) is 25.3. The number of amides is 2. The van der Waals surface area contributed by atoms with Crippen molar-refractivity contribution in [1.29, 1.82) is 0 Å². The average Bonchev–Trinajstić information content (AvgIpc) is 3.90. The number of anilines is 2. The molecule has 2 fully saturated rings. The Morgan fingerprint density at radius 3 is 2.66 bits per heavy atom. The summed E-state index contributed by atoms with van der Waals surface area (Å²) in [5.74, 6) is -0.972. The zero-order valence-corrected chi connectivity index (χ0v) is 29.8. The molecule has 7 rings (SSSR count). The predicted molar refractivity (Wildman–Crippen MR) is 192 cm³/mol. The lowest BCUT2D eigenvalue weighted by Gasteiger charge is -2.31. The van der Waals surface area contributed by atoms with Gasteiger partial charge in [-0.2, -0.15) is 0 Å². The third-order valence-electron chi connectivity index (χ3n) is 10.7. The number of carbonyl (C=O) groups excluding carboxylic acids is 2. The molecule has 262 valence electrons. The standard InChI is InChI=1S/C38H45FN6O4Si/c1-25-35(50(2,3)39)34(18-20-44-23-32(42-43-44)29(24-46)27-12-5-4-6-13-27)49-38(25)30-15-7-8-17-33(30)45(37(38)48)22-26-11-9-14-28(21-26)41-36(47)31-16-10-19-40-31/h4-9,11-15,17,21,23,25,29,31,34-35,40,46H,10,16,18-20,22,24H2,1-3H3,(H,41,47)/t25-,29?,31-,34+,35-,38+/m1/s1. The molecule has 12 heteroatoms. The highest BCUT2D eigenvalue weighted by atomic mass is 28.4. The number of halogens is 1. The second kappa shape index (κ2) is 13.8. The number of hydrogen-bond acceptors (Lipinski definition) is 7. The number of nitrogens with zero attached hydrogens (tertiary/aromatic N) is 4. The molecule has 2 saturated heterocycles. The Kier molecular flexibility index (Phi) is 9.46. The van der Waals surface area contributed by atoms with Gasteiger partial charge in [-0.05, 0) is 68.2 Å². The monoisotopic (exact) mass is 696 g/mol. The average molecular weight is 697 g/mol. The Morgan fingerprint density at radius 1 is 1.14 bits per heavy atom. The van der Waals surface area contributed by atoms with E-state index in [0.29, 0.717) is 24.3 Å². The minimum atomic E-state index is -3.35. The van der Waals surface area contributed by atoms with Crippen molar-refractivity contribution in [3.05, 3.63) is 107 Å². The summed E-state index contributed by atoms with van der Waals surface area (Å²) in [7, 11) is -3.35. The van der Waals surface area contributed by atoms with Gasteiger partial charge in [-0.25, -0.2) is 0 Å². The molecule has 4 aromatic rings. The molecule has 0 radical (unpaired) electrons. The summed E-state index contributed by atoms with van der Waals surface area (Å²) in [5.41, 5.74) is 2.88. The first-order valence-electron chi connectivity index (χ1n) is 17.6. The van der Waals surface area contributed by atoms with Crippen LogP contribution in [0.4, 0.5) is 15.5 Å². The van der Waals surface area contributed by atoms with Crippen molar-refractivity contribution in [3.63, 3.8) is 0 Å². The fraction of sp³-hybridized carbons (Fsp3) is 0.421. The number of carbonyl (C=O) groups is 2. The number of benzene rings is 3. The maximum absolute atomic E-state index is 16.3. The molecule has 3 aliphatic heterocycles. The Labute approximate surface area is 293 Å². The molecule has 2 amide bonds. The second-order valence-electron chi connectivity index (χ2n) is 14.4. The van der Waals surface area contributed by atoms with E-state index in [9.17, 15) is 14.7 Å². The van der Waals surface area contributed by atoms with Crippen LogP contribution in [0.3, 0.4) is 0 Å². The summed E-state index contributed by atoms with van der Waals surface area (Å²) in [4.78, 5) is 29.3. The van der Waals surface area contributed by atoms with Gasteiger partial charge in [0.15, 0.2) is 5.60 Å². The topological polar surface area (TPSA) is 122 Å². The number of fused-ring (bicyclic) bond motifs is 2. The van der Waals surface area contributed by atoms with Gasteiger partial charge in [0.05, 0.1) is 42.6 Å². The number of para-hydroxylation sites is 1. The zero-order chi connectivity index (χ0) is 35.0. The second-order valence-corrected chi connectivity index (χ2v) is 18.2. The highest BCUT2D eigenvalue weighted by Crippen LogP contribution is 2.60. The summed E-state index contributed by atoms with van der Waals surface area (Å²) in [5, 5.41) is 25.1. The first-order chi connectivity index (χ1) is 24.1. The lowest BCUT2D eigenvalue weighted by Crippen LogP contribution is -2.45. The molecule has 3 aromatic carbocycles. The van der Waals surface area contributed by atoms with Crippen molar-refractivity contribution in [2.45, 2.75) is 81.6 Å². The molecule has 1 spiro atoms. The van der Waals surface area contributed by atoms with Gasteiger partial charge < -0.3 is 29.5 Å². The van der Waals surface area contributed by atoms with Crippen LogP contribution < -0.4 is 15.5 Å². The predicted octanol–water partition coefficient (Wildman–Crippen LogP) is 5.50. The molecule has 1 unspecified atom stereocenters. The van der Waals surface area contributed by atoms with Crippen LogP contribution in [-0.4, -0.2) is 65.6 Å². The van der Waals surface area contributed by atoms with E-state index in [1.165, 1.54) is 0 Å². The SMILES string of the molecule is C[C@@H]1[C@@H]([Si](C)(C)F)[C@H](CCn2cc(C(CO)c3ccccc3)nn2)O[C@@]12C(=O)N(Cc1cccc(NC(=O)[C@H]3CCCN3)c1)c1ccccc12. The van der Waals surface area contributed by atoms with Crippen LogP contribution in [0.15, 0.2) is 85.1 Å². The highest BCUT2D eigenvalue weighted by molar-refractivity contribution is 6.72. The molecule has 4 heterocycles. The number of aliphatic hydroxyl groups excluding tert-OH is 1. The lowest BCUT2D eigenvalue weighted by molar-refractivity contribution is -0.146. The van der Waals surface area contributed by atoms with Gasteiger partial charge in [-0.15, -0.1) is 5.10 Å². The first kappa shape index (κ1) is 34.2. The zero-order valence-electron chi connectivity index (χ0n) is 28.8. The van der Waals surface area contributed by atoms with Gasteiger partial charge in [0.1, 0.15) is 0 Å². The molecule has 50 heavy (non-hydrogen) atoms. The van der Waals surface area contributed by atoms with Crippen LogP contribution >= 0.6 is 0 Å². The third-order valence-corrected chi connectivity index (χ3v) is 13.2. The van der Waals surface area contributed by atoms with Crippen molar-refractivity contribution in [2.24, 2.45) is 5.92 Å². The van der Waals surface area contributed by atoms with E-state index in [1.54, 1.807) is 22.7 Å². The van der Waals surface area contributed by atoms with Crippen LogP contribution in [0.2, 0.25) is 18.6 Å². The van der Waals surface area contributed by atoms with E-state index in [-0.39, 0.29) is 36.9 Å². The molecule has 6 atom stereocenters. The van der Waals surface area contributed by atoms with E-state index in [0.717, 1.165) is 41.8 Å². The van der Waals surface area contributed by atoms with Gasteiger partial charge >= 0.3 is 0 Å². The third kappa shape index (κ3) is 6.30. The van der Waals surface area contributed by atoms with E-state index in [4.69, 9.17) is 4.74 Å². The fourth-order valence-corrected chi connectivity index (χ4v) is 10.9. The summed E-state index contributed by atoms with van der Waals surface area (Å²) >= 11 is 0. The van der Waals surface area contributed by atoms with E-state index in [2.05, 4.69) is 20.9 Å².